The van der Waals surface area contributed by atoms with Crippen LogP contribution in [0.15, 0.2) is 48.7 Å². The molecule has 0 fully saturated rings. The molecule has 0 radical (unpaired) electrons. The van der Waals surface area contributed by atoms with Gasteiger partial charge in [-0.1, -0.05) is 31.2 Å². The van der Waals surface area contributed by atoms with Crippen LogP contribution in [0.25, 0.3) is 10.9 Å². The van der Waals surface area contributed by atoms with Gasteiger partial charge in [-0.3, -0.25) is 19.7 Å². The van der Waals surface area contributed by atoms with Gasteiger partial charge in [-0.25, -0.2) is 0 Å². The molecule has 0 spiro atoms. The lowest BCUT2D eigenvalue weighted by Gasteiger charge is -2.29. The Morgan fingerprint density at radius 2 is 2.15 bits per heavy atom. The number of rotatable bonds is 6. The first kappa shape index (κ1) is 16.7. The summed E-state index contributed by atoms with van der Waals surface area (Å²) in [7, 11) is 0. The number of aromatic nitrogens is 2. The van der Waals surface area contributed by atoms with Crippen molar-refractivity contribution in [1.29, 1.82) is 0 Å². The van der Waals surface area contributed by atoms with Gasteiger partial charge >= 0.3 is 0 Å². The van der Waals surface area contributed by atoms with E-state index in [2.05, 4.69) is 41.2 Å². The Morgan fingerprint density at radius 3 is 2.96 bits per heavy atom. The molecule has 0 aliphatic heterocycles. The summed E-state index contributed by atoms with van der Waals surface area (Å²) in [5.41, 5.74) is 3.75. The van der Waals surface area contributed by atoms with E-state index in [0.717, 1.165) is 36.7 Å². The van der Waals surface area contributed by atoms with Crippen LogP contribution in [0.1, 0.15) is 36.9 Å². The van der Waals surface area contributed by atoms with Crippen molar-refractivity contribution in [3.05, 3.63) is 69.9 Å². The molecule has 134 valence electrons. The van der Waals surface area contributed by atoms with E-state index in [9.17, 15) is 10.1 Å². The molecule has 0 N–H and O–H groups in total. The standard InChI is InChI=1S/C20H22N4O2/c1-2-11-22(19-10-8-15-5-3-4-6-18(15)19)14-23-20-12-17(24(25)26)9-7-16(20)13-21-23/h3-7,9,12-13,19H,2,8,10-11,14H2,1H3. The number of fused-ring (bicyclic) bond motifs is 2. The molecule has 1 aliphatic carbocycles. The van der Waals surface area contributed by atoms with Crippen LogP contribution in [0.3, 0.4) is 0 Å². The van der Waals surface area contributed by atoms with Crippen molar-refractivity contribution in [1.82, 2.24) is 14.7 Å². The number of nitrogens with zero attached hydrogens (tertiary/aromatic N) is 4. The van der Waals surface area contributed by atoms with Crippen molar-refractivity contribution in [2.45, 2.75) is 38.9 Å². The van der Waals surface area contributed by atoms with Crippen molar-refractivity contribution in [2.24, 2.45) is 0 Å². The van der Waals surface area contributed by atoms with Crippen LogP contribution in [0.5, 0.6) is 0 Å². The zero-order valence-corrected chi connectivity index (χ0v) is 14.8. The van der Waals surface area contributed by atoms with E-state index in [-0.39, 0.29) is 10.6 Å². The summed E-state index contributed by atoms with van der Waals surface area (Å²) in [6, 6.07) is 13.9. The molecule has 2 aromatic carbocycles. The third-order valence-corrected chi connectivity index (χ3v) is 5.21. The van der Waals surface area contributed by atoms with Gasteiger partial charge in [-0.15, -0.1) is 0 Å². The third kappa shape index (κ3) is 2.97. The first-order chi connectivity index (χ1) is 12.7. The second-order valence-electron chi connectivity index (χ2n) is 6.85. The molecular formula is C20H22N4O2. The number of nitro groups is 1. The average Bonchev–Trinajstić information content (AvgIpc) is 3.25. The molecule has 4 rings (SSSR count). The normalized spacial score (nSPS) is 16.3. The average molecular weight is 350 g/mol. The van der Waals surface area contributed by atoms with Crippen molar-refractivity contribution in [3.63, 3.8) is 0 Å². The maximum absolute atomic E-state index is 11.1. The van der Waals surface area contributed by atoms with Crippen molar-refractivity contribution in [3.8, 4) is 0 Å². The zero-order chi connectivity index (χ0) is 18.1. The maximum Gasteiger partial charge on any atom is 0.271 e. The number of benzene rings is 2. The highest BCUT2D eigenvalue weighted by atomic mass is 16.6. The van der Waals surface area contributed by atoms with Crippen LogP contribution in [0, 0.1) is 10.1 Å². The van der Waals surface area contributed by atoms with Crippen LogP contribution >= 0.6 is 0 Å². The molecule has 0 bridgehead atoms. The molecule has 1 heterocycles. The molecule has 1 aliphatic rings. The number of nitro benzene ring substituents is 1. The number of non-ortho nitro benzene ring substituents is 1. The fourth-order valence-electron chi connectivity index (χ4n) is 3.98. The fourth-order valence-corrected chi connectivity index (χ4v) is 3.98. The van der Waals surface area contributed by atoms with Gasteiger partial charge in [0.15, 0.2) is 0 Å². The molecule has 6 nitrogen and oxygen atoms in total. The van der Waals surface area contributed by atoms with Gasteiger partial charge in [0.2, 0.25) is 0 Å². The second kappa shape index (κ2) is 6.88. The molecule has 0 saturated carbocycles. The lowest BCUT2D eigenvalue weighted by atomic mass is 10.1. The minimum absolute atomic E-state index is 0.104. The minimum atomic E-state index is -0.353. The molecule has 1 aromatic heterocycles. The summed E-state index contributed by atoms with van der Waals surface area (Å²) in [5, 5.41) is 16.5. The molecule has 26 heavy (non-hydrogen) atoms. The summed E-state index contributed by atoms with van der Waals surface area (Å²) < 4.78 is 1.89. The molecule has 1 unspecified atom stereocenters. The highest BCUT2D eigenvalue weighted by molar-refractivity contribution is 5.80. The molecule has 0 saturated heterocycles. The van der Waals surface area contributed by atoms with E-state index >= 15 is 0 Å². The largest absolute Gasteiger partial charge is 0.277 e. The number of aryl methyl sites for hydroxylation is 1. The second-order valence-corrected chi connectivity index (χ2v) is 6.85. The lowest BCUT2D eigenvalue weighted by molar-refractivity contribution is -0.384. The smallest absolute Gasteiger partial charge is 0.271 e. The Balaban J connectivity index is 1.66. The predicted molar refractivity (Wildman–Crippen MR) is 101 cm³/mol. The Morgan fingerprint density at radius 1 is 1.31 bits per heavy atom. The third-order valence-electron chi connectivity index (χ3n) is 5.21. The van der Waals surface area contributed by atoms with Crippen LogP contribution in [-0.4, -0.2) is 26.1 Å². The Labute approximate surface area is 152 Å². The Bertz CT molecular complexity index is 950. The van der Waals surface area contributed by atoms with Crippen molar-refractivity contribution < 1.29 is 4.92 Å². The van der Waals surface area contributed by atoms with Gasteiger partial charge in [0.25, 0.3) is 5.69 Å². The van der Waals surface area contributed by atoms with Crippen molar-refractivity contribution in [2.75, 3.05) is 6.54 Å². The Hall–Kier alpha value is -2.73. The van der Waals surface area contributed by atoms with Crippen LogP contribution in [-0.2, 0) is 13.1 Å². The van der Waals surface area contributed by atoms with Crippen LogP contribution in [0.2, 0.25) is 0 Å². The summed E-state index contributed by atoms with van der Waals surface area (Å²) in [6.07, 6.45) is 5.05. The summed E-state index contributed by atoms with van der Waals surface area (Å²) in [6.45, 7) is 3.78. The van der Waals surface area contributed by atoms with Gasteiger partial charge in [0.05, 0.1) is 23.3 Å². The summed E-state index contributed by atoms with van der Waals surface area (Å²) >= 11 is 0. The quantitative estimate of drug-likeness (QED) is 0.491. The molecule has 0 amide bonds. The predicted octanol–water partition coefficient (Wildman–Crippen LogP) is 4.30. The lowest BCUT2D eigenvalue weighted by Crippen LogP contribution is -2.31. The van der Waals surface area contributed by atoms with E-state index < -0.39 is 0 Å². The highest BCUT2D eigenvalue weighted by Crippen LogP contribution is 2.36. The van der Waals surface area contributed by atoms with Gasteiger partial charge in [0, 0.05) is 30.1 Å². The summed E-state index contributed by atoms with van der Waals surface area (Å²) in [5.74, 6) is 0. The van der Waals surface area contributed by atoms with Gasteiger partial charge < -0.3 is 0 Å². The molecule has 1 atom stereocenters. The topological polar surface area (TPSA) is 64.2 Å². The van der Waals surface area contributed by atoms with E-state index in [0.29, 0.717) is 12.7 Å². The zero-order valence-electron chi connectivity index (χ0n) is 14.8. The van der Waals surface area contributed by atoms with E-state index in [1.54, 1.807) is 18.3 Å². The van der Waals surface area contributed by atoms with E-state index in [1.165, 1.54) is 17.2 Å². The van der Waals surface area contributed by atoms with Gasteiger partial charge in [-0.05, 0) is 36.5 Å². The van der Waals surface area contributed by atoms with E-state index in [4.69, 9.17) is 0 Å². The molecule has 6 heteroatoms. The fraction of sp³-hybridized carbons (Fsp3) is 0.350. The molecular weight excluding hydrogens is 328 g/mol. The van der Waals surface area contributed by atoms with Crippen LogP contribution in [0.4, 0.5) is 5.69 Å². The highest BCUT2D eigenvalue weighted by Gasteiger charge is 2.27. The van der Waals surface area contributed by atoms with Crippen molar-refractivity contribution >= 4 is 16.6 Å². The van der Waals surface area contributed by atoms with Crippen LogP contribution < -0.4 is 0 Å². The number of hydrogen-bond acceptors (Lipinski definition) is 4. The molecule has 3 aromatic rings. The first-order valence-corrected chi connectivity index (χ1v) is 9.09. The maximum atomic E-state index is 11.1. The minimum Gasteiger partial charge on any atom is -0.277 e. The monoisotopic (exact) mass is 350 g/mol. The Kier molecular flexibility index (Phi) is 4.42. The van der Waals surface area contributed by atoms with Gasteiger partial charge in [-0.2, -0.15) is 5.10 Å². The first-order valence-electron chi connectivity index (χ1n) is 9.09. The van der Waals surface area contributed by atoms with Gasteiger partial charge in [0.1, 0.15) is 0 Å². The SMILES string of the molecule is CCCN(Cn1ncc2ccc([N+](=O)[O-])cc21)C1CCc2ccccc21. The summed E-state index contributed by atoms with van der Waals surface area (Å²) in [4.78, 5) is 13.2. The van der Waals surface area contributed by atoms with E-state index in [1.807, 2.05) is 4.68 Å². The number of hydrogen-bond donors (Lipinski definition) is 0.